The van der Waals surface area contributed by atoms with Gasteiger partial charge in [0.1, 0.15) is 4.88 Å². The highest BCUT2D eigenvalue weighted by molar-refractivity contribution is 7.15. The third kappa shape index (κ3) is 8.07. The van der Waals surface area contributed by atoms with E-state index < -0.39 is 11.4 Å². The van der Waals surface area contributed by atoms with E-state index in [9.17, 15) is 14.7 Å². The highest BCUT2D eigenvalue weighted by atomic mass is 32.1. The lowest BCUT2D eigenvalue weighted by atomic mass is 9.81. The van der Waals surface area contributed by atoms with Gasteiger partial charge in [-0.15, -0.1) is 11.3 Å². The Kier molecular flexibility index (Phi) is 10.5. The molecule has 0 bridgehead atoms. The van der Waals surface area contributed by atoms with Crippen molar-refractivity contribution in [1.82, 2.24) is 0 Å². The van der Waals surface area contributed by atoms with E-state index >= 15 is 0 Å². The molecule has 4 rings (SSSR count). The van der Waals surface area contributed by atoms with Gasteiger partial charge in [-0.05, 0) is 96.5 Å². The van der Waals surface area contributed by atoms with E-state index in [1.165, 1.54) is 18.4 Å². The van der Waals surface area contributed by atoms with Crippen molar-refractivity contribution in [3.8, 4) is 11.8 Å². The molecule has 2 heterocycles. The largest absolute Gasteiger partial charge is 0.465 e. The second-order valence-corrected chi connectivity index (χ2v) is 13.2. The molecule has 8 heteroatoms. The van der Waals surface area contributed by atoms with Crippen LogP contribution in [-0.4, -0.2) is 55.7 Å². The van der Waals surface area contributed by atoms with Crippen LogP contribution in [0, 0.1) is 29.1 Å². The Bertz CT molecular complexity index is 1030. The maximum Gasteiger partial charge on any atom is 0.350 e. The van der Waals surface area contributed by atoms with E-state index in [4.69, 9.17) is 14.2 Å². The van der Waals surface area contributed by atoms with Gasteiger partial charge in [-0.2, -0.15) is 0 Å². The van der Waals surface area contributed by atoms with Gasteiger partial charge in [0.2, 0.25) is 5.91 Å². The van der Waals surface area contributed by atoms with Crippen LogP contribution in [0.2, 0.25) is 0 Å². The number of esters is 1. The fraction of sp³-hybridized carbons (Fsp3) is 0.742. The number of aliphatic hydroxyl groups excluding tert-OH is 1. The molecule has 39 heavy (non-hydrogen) atoms. The number of amides is 1. The van der Waals surface area contributed by atoms with E-state index in [0.717, 1.165) is 56.4 Å². The number of ether oxygens (including phenoxy) is 3. The zero-order valence-corrected chi connectivity index (χ0v) is 24.8. The molecule has 0 spiro atoms. The zero-order valence-electron chi connectivity index (χ0n) is 24.0. The molecule has 1 aromatic rings. The maximum atomic E-state index is 14.1. The molecule has 1 aliphatic heterocycles. The number of aliphatic hydroxyl groups is 1. The van der Waals surface area contributed by atoms with Gasteiger partial charge in [-0.3, -0.25) is 4.79 Å². The first-order valence-electron chi connectivity index (χ1n) is 14.7. The van der Waals surface area contributed by atoms with Gasteiger partial charge < -0.3 is 24.2 Å². The number of carbonyl (C=O) groups excluding carboxylic acids is 2. The number of carbonyl (C=O) groups is 2. The Morgan fingerprint density at radius 2 is 1.82 bits per heavy atom. The molecule has 2 aliphatic carbocycles. The van der Waals surface area contributed by atoms with Gasteiger partial charge in [0.25, 0.3) is 0 Å². The fourth-order valence-electron chi connectivity index (χ4n) is 5.79. The average Bonchev–Trinajstić information content (AvgIpc) is 3.36. The van der Waals surface area contributed by atoms with Crippen LogP contribution in [0.1, 0.15) is 106 Å². The second-order valence-electron chi connectivity index (χ2n) is 12.2. The van der Waals surface area contributed by atoms with E-state index in [1.54, 1.807) is 0 Å². The summed E-state index contributed by atoms with van der Waals surface area (Å²) in [5.41, 5.74) is 0.190. The summed E-state index contributed by atoms with van der Waals surface area (Å²) in [5.74, 6) is 6.81. The summed E-state index contributed by atoms with van der Waals surface area (Å²) in [6, 6.07) is 1.83. The Labute approximate surface area is 237 Å². The first-order chi connectivity index (χ1) is 18.7. The zero-order chi connectivity index (χ0) is 28.0. The van der Waals surface area contributed by atoms with Gasteiger partial charge in [0.15, 0.2) is 6.29 Å². The molecule has 7 nitrogen and oxygen atoms in total. The Hall–Kier alpha value is -1.92. The summed E-state index contributed by atoms with van der Waals surface area (Å²) >= 11 is 1.28. The van der Waals surface area contributed by atoms with Crippen molar-refractivity contribution in [2.75, 3.05) is 25.2 Å². The molecule has 1 saturated heterocycles. The Morgan fingerprint density at radius 1 is 1.10 bits per heavy atom. The highest BCUT2D eigenvalue weighted by Crippen LogP contribution is 2.39. The molecule has 3 fully saturated rings. The van der Waals surface area contributed by atoms with Crippen molar-refractivity contribution < 1.29 is 28.9 Å². The molecule has 1 aromatic heterocycles. The van der Waals surface area contributed by atoms with Crippen molar-refractivity contribution in [3.05, 3.63) is 15.8 Å². The lowest BCUT2D eigenvalue weighted by molar-refractivity contribution is -0.171. The van der Waals surface area contributed by atoms with Crippen LogP contribution >= 0.6 is 11.3 Å². The van der Waals surface area contributed by atoms with Gasteiger partial charge in [0.05, 0.1) is 30.4 Å². The highest BCUT2D eigenvalue weighted by Gasteiger charge is 2.37. The number of methoxy groups -OCH3 is 1. The number of anilines is 1. The average molecular weight is 560 g/mol. The van der Waals surface area contributed by atoms with Gasteiger partial charge in [-0.25, -0.2) is 4.79 Å². The van der Waals surface area contributed by atoms with Gasteiger partial charge in [0, 0.05) is 24.0 Å². The number of hydrogen-bond acceptors (Lipinski definition) is 7. The molecular weight excluding hydrogens is 514 g/mol. The molecule has 0 radical (unpaired) electrons. The van der Waals surface area contributed by atoms with Crippen LogP contribution in [0.4, 0.5) is 5.69 Å². The lowest BCUT2D eigenvalue weighted by Crippen LogP contribution is -2.47. The number of nitrogens with zero attached hydrogens (tertiary/aromatic N) is 1. The minimum atomic E-state index is -0.453. The van der Waals surface area contributed by atoms with Crippen molar-refractivity contribution in [1.29, 1.82) is 0 Å². The number of thiophene rings is 1. The third-order valence-electron chi connectivity index (χ3n) is 8.27. The van der Waals surface area contributed by atoms with Crippen LogP contribution in [0.15, 0.2) is 6.07 Å². The van der Waals surface area contributed by atoms with E-state index in [-0.39, 0.29) is 30.3 Å². The van der Waals surface area contributed by atoms with E-state index in [0.29, 0.717) is 48.8 Å². The standard InChI is InChI=1S/C31H45NO6S/c1-21-8-10-22(11-9-21)29(34)32(23-12-14-24(33)15-13-23)26-19-25(39-28(26)30(35)36-4)16-17-31(2,3)20-38-27-7-5-6-18-37-27/h19,21-24,27,33H,5-15,18,20H2,1-4H3. The minimum absolute atomic E-state index is 0.0499. The summed E-state index contributed by atoms with van der Waals surface area (Å²) in [5, 5.41) is 10.1. The summed E-state index contributed by atoms with van der Waals surface area (Å²) in [7, 11) is 1.37. The number of rotatable bonds is 7. The summed E-state index contributed by atoms with van der Waals surface area (Å²) in [6.07, 6.45) is 9.14. The monoisotopic (exact) mass is 559 g/mol. The molecule has 1 N–H and O–H groups in total. The Balaban J connectivity index is 1.60. The van der Waals surface area contributed by atoms with Gasteiger partial charge >= 0.3 is 5.97 Å². The third-order valence-corrected chi connectivity index (χ3v) is 9.29. The van der Waals surface area contributed by atoms with Crippen LogP contribution in [0.25, 0.3) is 0 Å². The maximum absolute atomic E-state index is 14.1. The summed E-state index contributed by atoms with van der Waals surface area (Å²) in [6.45, 7) is 7.49. The van der Waals surface area contributed by atoms with Crippen molar-refractivity contribution >= 4 is 28.9 Å². The van der Waals surface area contributed by atoms with Crippen LogP contribution in [0.5, 0.6) is 0 Å². The minimum Gasteiger partial charge on any atom is -0.465 e. The lowest BCUT2D eigenvalue weighted by Gasteiger charge is -2.38. The van der Waals surface area contributed by atoms with Crippen LogP contribution in [-0.2, 0) is 19.0 Å². The van der Waals surface area contributed by atoms with Crippen molar-refractivity contribution in [2.45, 2.75) is 110 Å². The molecular formula is C31H45NO6S. The molecule has 3 aliphatic rings. The van der Waals surface area contributed by atoms with E-state index in [2.05, 4.69) is 18.8 Å². The molecule has 1 amide bonds. The molecule has 216 valence electrons. The van der Waals surface area contributed by atoms with Crippen molar-refractivity contribution in [2.24, 2.45) is 17.3 Å². The normalized spacial score (nSPS) is 27.8. The molecule has 0 aromatic carbocycles. The molecule has 1 unspecified atom stereocenters. The van der Waals surface area contributed by atoms with E-state index in [1.807, 2.05) is 24.8 Å². The Morgan fingerprint density at radius 3 is 2.46 bits per heavy atom. The quantitative estimate of drug-likeness (QED) is 0.330. The smallest absolute Gasteiger partial charge is 0.350 e. The number of hydrogen-bond donors (Lipinski definition) is 1. The first-order valence-corrected chi connectivity index (χ1v) is 15.5. The van der Waals surface area contributed by atoms with Crippen molar-refractivity contribution in [3.63, 3.8) is 0 Å². The molecule has 1 atom stereocenters. The summed E-state index contributed by atoms with van der Waals surface area (Å²) in [4.78, 5) is 30.0. The summed E-state index contributed by atoms with van der Waals surface area (Å²) < 4.78 is 16.8. The fourth-order valence-corrected chi connectivity index (χ4v) is 6.71. The predicted octanol–water partition coefficient (Wildman–Crippen LogP) is 5.92. The predicted molar refractivity (Wildman–Crippen MR) is 153 cm³/mol. The SMILES string of the molecule is COC(=O)c1sc(C#CC(C)(C)COC2CCCCO2)cc1N(C(=O)C1CCC(C)CC1)C1CCC(O)CC1. The first kappa shape index (κ1) is 30.0. The topological polar surface area (TPSA) is 85.3 Å². The van der Waals surface area contributed by atoms with Gasteiger partial charge in [-0.1, -0.05) is 18.8 Å². The molecule has 2 saturated carbocycles. The second kappa shape index (κ2) is 13.6. The van der Waals surface area contributed by atoms with Crippen LogP contribution < -0.4 is 4.90 Å². The van der Waals surface area contributed by atoms with Crippen LogP contribution in [0.3, 0.4) is 0 Å².